The molecule has 0 aliphatic rings. The maximum Gasteiger partial charge on any atom is 0.251 e. The van der Waals surface area contributed by atoms with E-state index in [1.54, 1.807) is 12.3 Å². The highest BCUT2D eigenvalue weighted by Crippen LogP contribution is 2.11. The van der Waals surface area contributed by atoms with Gasteiger partial charge in [-0.1, -0.05) is 36.7 Å². The van der Waals surface area contributed by atoms with E-state index in [0.717, 1.165) is 12.0 Å². The van der Waals surface area contributed by atoms with Crippen LogP contribution in [0.1, 0.15) is 18.9 Å². The average molecular weight is 255 g/mol. The largest absolute Gasteiger partial charge is 0.393 e. The number of hydrogen-bond donors (Lipinski definition) is 2. The second kappa shape index (κ2) is 7.51. The summed E-state index contributed by atoms with van der Waals surface area (Å²) in [5, 5.41) is 8.11. The molecule has 0 amide bonds. The Bertz CT molecular complexity index is 406. The lowest BCUT2D eigenvalue weighted by Gasteiger charge is -2.00. The molecule has 0 aliphatic heterocycles. The number of nitrogens with zero attached hydrogens (tertiary/aromatic N) is 2. The van der Waals surface area contributed by atoms with E-state index in [-0.39, 0.29) is 5.96 Å². The van der Waals surface area contributed by atoms with Crippen molar-refractivity contribution in [2.45, 2.75) is 13.3 Å². The number of halogens is 1. The Hall–Kier alpha value is -1.75. The number of nitrogens with two attached hydrogens (primary N) is 1. The van der Waals surface area contributed by atoms with Gasteiger partial charge < -0.3 is 10.6 Å². The fraction of sp³-hybridized carbons (Fsp3) is 0.273. The van der Waals surface area contributed by atoms with Gasteiger partial charge >= 0.3 is 0 Å². The molecule has 92 valence electrons. The van der Waals surface area contributed by atoms with Crippen molar-refractivity contribution in [1.82, 2.24) is 5.43 Å². The molecule has 0 spiro atoms. The van der Waals surface area contributed by atoms with Crippen LogP contribution in [0.4, 0.5) is 0 Å². The van der Waals surface area contributed by atoms with E-state index < -0.39 is 0 Å². The third kappa shape index (κ3) is 5.21. The van der Waals surface area contributed by atoms with E-state index in [4.69, 9.17) is 22.2 Å². The van der Waals surface area contributed by atoms with Crippen LogP contribution in [0.3, 0.4) is 0 Å². The second-order valence-corrected chi connectivity index (χ2v) is 3.61. The van der Waals surface area contributed by atoms with Gasteiger partial charge in [-0.05, 0) is 17.6 Å². The summed E-state index contributed by atoms with van der Waals surface area (Å²) in [5.74, 6) is 0.0988. The second-order valence-electron chi connectivity index (χ2n) is 3.20. The highest BCUT2D eigenvalue weighted by atomic mass is 35.5. The molecule has 0 fully saturated rings. The van der Waals surface area contributed by atoms with Gasteiger partial charge in [-0.25, -0.2) is 5.43 Å². The molecular formula is C11H15ClN4O. The van der Waals surface area contributed by atoms with E-state index >= 15 is 0 Å². The third-order valence-electron chi connectivity index (χ3n) is 1.75. The molecule has 1 aromatic carbocycles. The van der Waals surface area contributed by atoms with Gasteiger partial charge in [0.05, 0.1) is 6.21 Å². The molecule has 0 saturated carbocycles. The van der Waals surface area contributed by atoms with E-state index in [1.807, 2.05) is 25.1 Å². The van der Waals surface area contributed by atoms with Crippen LogP contribution >= 0.6 is 11.6 Å². The van der Waals surface area contributed by atoms with Gasteiger partial charge in [-0.2, -0.15) is 5.10 Å². The van der Waals surface area contributed by atoms with Crippen molar-refractivity contribution in [2.75, 3.05) is 6.61 Å². The maximum absolute atomic E-state index is 5.94. The van der Waals surface area contributed by atoms with Crippen LogP contribution in [0.25, 0.3) is 0 Å². The number of nitrogens with one attached hydrogen (secondary N) is 1. The first-order valence-corrected chi connectivity index (χ1v) is 5.61. The zero-order valence-electron chi connectivity index (χ0n) is 9.56. The van der Waals surface area contributed by atoms with E-state index in [0.29, 0.717) is 11.6 Å². The van der Waals surface area contributed by atoms with E-state index in [2.05, 4.69) is 15.7 Å². The zero-order valence-corrected chi connectivity index (χ0v) is 10.3. The highest BCUT2D eigenvalue weighted by molar-refractivity contribution is 6.33. The Kier molecular flexibility index (Phi) is 5.88. The van der Waals surface area contributed by atoms with Crippen LogP contribution in [-0.4, -0.2) is 18.8 Å². The van der Waals surface area contributed by atoms with Gasteiger partial charge in [-0.15, -0.1) is 0 Å². The minimum Gasteiger partial charge on any atom is -0.393 e. The van der Waals surface area contributed by atoms with Gasteiger partial charge in [0.25, 0.3) is 5.96 Å². The van der Waals surface area contributed by atoms with Crippen LogP contribution in [0.15, 0.2) is 34.5 Å². The Labute approximate surface area is 105 Å². The number of rotatable bonds is 5. The van der Waals surface area contributed by atoms with Crippen LogP contribution < -0.4 is 11.2 Å². The molecule has 0 atom stereocenters. The van der Waals surface area contributed by atoms with Gasteiger partial charge in [0.15, 0.2) is 0 Å². The maximum atomic E-state index is 5.94. The predicted molar refractivity (Wildman–Crippen MR) is 70.0 cm³/mol. The summed E-state index contributed by atoms with van der Waals surface area (Å²) in [6, 6.07) is 7.34. The van der Waals surface area contributed by atoms with Gasteiger partial charge in [0.1, 0.15) is 6.61 Å². The Balaban J connectivity index is 2.45. The first-order chi connectivity index (χ1) is 8.24. The normalized spacial score (nSPS) is 11.8. The first kappa shape index (κ1) is 13.3. The van der Waals surface area contributed by atoms with Crippen molar-refractivity contribution in [3.8, 4) is 0 Å². The number of hydrazone groups is 1. The summed E-state index contributed by atoms with van der Waals surface area (Å²) < 4.78 is 0. The standard InChI is InChI=1S/C11H15ClN4O/c1-2-7-17-16-11(13)15-14-8-9-5-3-4-6-10(9)12/h3-6,8H,2,7H2,1H3,(H3,13,15,16)/b14-8+. The fourth-order valence-corrected chi connectivity index (χ4v) is 1.16. The first-order valence-electron chi connectivity index (χ1n) is 5.23. The number of benzene rings is 1. The molecule has 0 unspecified atom stereocenters. The van der Waals surface area contributed by atoms with Crippen molar-refractivity contribution < 1.29 is 4.84 Å². The quantitative estimate of drug-likeness (QED) is 0.365. The van der Waals surface area contributed by atoms with Crippen molar-refractivity contribution in [1.29, 1.82) is 0 Å². The average Bonchev–Trinajstić information content (AvgIpc) is 2.32. The monoisotopic (exact) mass is 254 g/mol. The Morgan fingerprint density at radius 1 is 1.53 bits per heavy atom. The van der Waals surface area contributed by atoms with Crippen LogP contribution in [-0.2, 0) is 4.84 Å². The third-order valence-corrected chi connectivity index (χ3v) is 2.09. The van der Waals surface area contributed by atoms with Crippen LogP contribution in [0, 0.1) is 0 Å². The Morgan fingerprint density at radius 3 is 3.00 bits per heavy atom. The SMILES string of the molecule is CCCO/N=C(\N)N/N=C/c1ccccc1Cl. The smallest absolute Gasteiger partial charge is 0.251 e. The predicted octanol–water partition coefficient (Wildman–Crippen LogP) is 1.92. The van der Waals surface area contributed by atoms with Crippen molar-refractivity contribution in [3.05, 3.63) is 34.9 Å². The lowest BCUT2D eigenvalue weighted by atomic mass is 10.2. The highest BCUT2D eigenvalue weighted by Gasteiger charge is 1.94. The molecule has 0 radical (unpaired) electrons. The zero-order chi connectivity index (χ0) is 12.5. The fourth-order valence-electron chi connectivity index (χ4n) is 0.975. The molecule has 0 aliphatic carbocycles. The molecule has 6 heteroatoms. The van der Waals surface area contributed by atoms with Crippen molar-refractivity contribution >= 4 is 23.8 Å². The molecule has 1 aromatic rings. The van der Waals surface area contributed by atoms with Gasteiger partial charge in [0.2, 0.25) is 0 Å². The summed E-state index contributed by atoms with van der Waals surface area (Å²) in [4.78, 5) is 4.87. The molecule has 0 saturated heterocycles. The lowest BCUT2D eigenvalue weighted by molar-refractivity contribution is 0.143. The van der Waals surface area contributed by atoms with Crippen LogP contribution in [0.5, 0.6) is 0 Å². The summed E-state index contributed by atoms with van der Waals surface area (Å²) >= 11 is 5.94. The number of oxime groups is 1. The lowest BCUT2D eigenvalue weighted by Crippen LogP contribution is -2.27. The summed E-state index contributed by atoms with van der Waals surface area (Å²) in [6.45, 7) is 2.51. The topological polar surface area (TPSA) is 72.0 Å². The number of guanidine groups is 1. The molecule has 1 rings (SSSR count). The molecule has 0 aromatic heterocycles. The van der Waals surface area contributed by atoms with Crippen molar-refractivity contribution in [3.63, 3.8) is 0 Å². The Morgan fingerprint density at radius 2 is 2.29 bits per heavy atom. The minimum absolute atomic E-state index is 0.0988. The minimum atomic E-state index is 0.0988. The van der Waals surface area contributed by atoms with E-state index in [1.165, 1.54) is 0 Å². The summed E-state index contributed by atoms with van der Waals surface area (Å²) in [6.07, 6.45) is 2.43. The van der Waals surface area contributed by atoms with Gasteiger partial charge in [0, 0.05) is 10.6 Å². The van der Waals surface area contributed by atoms with E-state index in [9.17, 15) is 0 Å². The van der Waals surface area contributed by atoms with Crippen LogP contribution in [0.2, 0.25) is 5.02 Å². The summed E-state index contributed by atoms with van der Waals surface area (Å²) in [7, 11) is 0. The molecular weight excluding hydrogens is 240 g/mol. The number of hydrogen-bond acceptors (Lipinski definition) is 3. The molecule has 3 N–H and O–H groups in total. The van der Waals surface area contributed by atoms with Crippen molar-refractivity contribution in [2.24, 2.45) is 16.0 Å². The molecule has 5 nitrogen and oxygen atoms in total. The summed E-state index contributed by atoms with van der Waals surface area (Å²) in [5.41, 5.74) is 8.81. The van der Waals surface area contributed by atoms with Gasteiger partial charge in [-0.3, -0.25) is 0 Å². The molecule has 17 heavy (non-hydrogen) atoms. The molecule has 0 bridgehead atoms. The molecule has 0 heterocycles.